The number of benzene rings is 1. The van der Waals surface area contributed by atoms with Gasteiger partial charge in [-0.25, -0.2) is 0 Å². The van der Waals surface area contributed by atoms with Gasteiger partial charge in [0.05, 0.1) is 7.11 Å². The Morgan fingerprint density at radius 2 is 2.00 bits per heavy atom. The Morgan fingerprint density at radius 1 is 1.19 bits per heavy atom. The van der Waals surface area contributed by atoms with Crippen molar-refractivity contribution in [1.82, 2.24) is 0 Å². The third-order valence-electron chi connectivity index (χ3n) is 2.34. The van der Waals surface area contributed by atoms with Gasteiger partial charge in [-0.05, 0) is 28.7 Å². The van der Waals surface area contributed by atoms with Crippen LogP contribution < -0.4 is 4.74 Å². The van der Waals surface area contributed by atoms with Gasteiger partial charge in [0.15, 0.2) is 0 Å². The van der Waals surface area contributed by atoms with Crippen molar-refractivity contribution in [3.8, 4) is 5.75 Å². The minimum Gasteiger partial charge on any atom is -0.497 e. The molecular weight excluding hydrogens is 216 g/mol. The summed E-state index contributed by atoms with van der Waals surface area (Å²) < 4.78 is 5.12. The van der Waals surface area contributed by atoms with E-state index in [1.54, 1.807) is 7.11 Å². The molecule has 0 aromatic heterocycles. The van der Waals surface area contributed by atoms with Crippen LogP contribution in [0.25, 0.3) is 6.08 Å². The van der Waals surface area contributed by atoms with Crippen molar-refractivity contribution in [3.05, 3.63) is 59.0 Å². The zero-order valence-electron chi connectivity index (χ0n) is 9.22. The van der Waals surface area contributed by atoms with E-state index in [1.807, 2.05) is 23.9 Å². The van der Waals surface area contributed by atoms with Crippen LogP contribution in [0.2, 0.25) is 0 Å². The maximum atomic E-state index is 5.12. The van der Waals surface area contributed by atoms with Crippen molar-refractivity contribution in [2.45, 2.75) is 0 Å². The van der Waals surface area contributed by atoms with Crippen molar-refractivity contribution >= 4 is 17.8 Å². The van der Waals surface area contributed by atoms with Gasteiger partial charge < -0.3 is 4.74 Å². The van der Waals surface area contributed by atoms with E-state index in [9.17, 15) is 0 Å². The lowest BCUT2D eigenvalue weighted by molar-refractivity contribution is 0.415. The molecule has 0 saturated heterocycles. The van der Waals surface area contributed by atoms with E-state index in [2.05, 4.69) is 41.8 Å². The number of hydrogen-bond acceptors (Lipinski definition) is 2. The van der Waals surface area contributed by atoms with E-state index in [0.717, 1.165) is 11.5 Å². The van der Waals surface area contributed by atoms with Crippen LogP contribution in [0, 0.1) is 0 Å². The molecule has 0 spiro atoms. The maximum absolute atomic E-state index is 5.12. The predicted molar refractivity (Wildman–Crippen MR) is 71.7 cm³/mol. The molecule has 0 radical (unpaired) electrons. The molecule has 0 saturated carbocycles. The average molecular weight is 230 g/mol. The van der Waals surface area contributed by atoms with Gasteiger partial charge in [0.25, 0.3) is 0 Å². The molecule has 0 amide bonds. The number of ether oxygens (including phenoxy) is 1. The lowest BCUT2D eigenvalue weighted by Gasteiger charge is -2.03. The summed E-state index contributed by atoms with van der Waals surface area (Å²) in [5.41, 5.74) is 2.55. The minimum absolute atomic E-state index is 0.896. The molecule has 0 unspecified atom stereocenters. The number of allylic oxidation sites excluding steroid dienone is 3. The molecule has 2 rings (SSSR count). The summed E-state index contributed by atoms with van der Waals surface area (Å²) in [6, 6.07) is 8.07. The van der Waals surface area contributed by atoms with Gasteiger partial charge in [-0.1, -0.05) is 36.4 Å². The first-order chi connectivity index (χ1) is 7.88. The third-order valence-corrected chi connectivity index (χ3v) is 3.19. The number of hydrogen-bond donors (Lipinski definition) is 0. The molecule has 1 aliphatic heterocycles. The molecule has 0 atom stereocenters. The summed E-state index contributed by atoms with van der Waals surface area (Å²) in [4.78, 5) is 0. The van der Waals surface area contributed by atoms with Crippen LogP contribution in [0.15, 0.2) is 53.5 Å². The van der Waals surface area contributed by atoms with Crippen LogP contribution in [0.5, 0.6) is 5.75 Å². The van der Waals surface area contributed by atoms with Gasteiger partial charge in [0.2, 0.25) is 0 Å². The van der Waals surface area contributed by atoms with E-state index in [1.165, 1.54) is 11.1 Å². The molecule has 16 heavy (non-hydrogen) atoms. The molecule has 0 N–H and O–H groups in total. The molecule has 0 fully saturated rings. The lowest BCUT2D eigenvalue weighted by atomic mass is 10.1. The molecule has 2 heteroatoms. The highest BCUT2D eigenvalue weighted by Crippen LogP contribution is 2.18. The standard InChI is InChI=1S/C14H14OS/c1-15-14-8-6-12(7-9-14)4-5-13-3-2-10-16-11-13/h2-10H,11H2,1H3/b5-4+. The fourth-order valence-electron chi connectivity index (χ4n) is 1.43. The van der Waals surface area contributed by atoms with Gasteiger partial charge in [0.1, 0.15) is 5.75 Å². The third kappa shape index (κ3) is 3.04. The monoisotopic (exact) mass is 230 g/mol. The summed E-state index contributed by atoms with van der Waals surface area (Å²) in [5, 5.41) is 2.12. The molecular formula is C14H14OS. The Bertz CT molecular complexity index is 427. The fourth-order valence-corrected chi connectivity index (χ4v) is 2.10. The van der Waals surface area contributed by atoms with E-state index in [4.69, 9.17) is 4.74 Å². The summed E-state index contributed by atoms with van der Waals surface area (Å²) in [6.45, 7) is 0. The second-order valence-corrected chi connectivity index (χ2v) is 4.38. The Labute approximate surface area is 101 Å². The van der Waals surface area contributed by atoms with Gasteiger partial charge in [-0.3, -0.25) is 0 Å². The Balaban J connectivity index is 2.05. The Hall–Kier alpha value is -1.41. The van der Waals surface area contributed by atoms with Crippen LogP contribution in [0.3, 0.4) is 0 Å². The van der Waals surface area contributed by atoms with Crippen molar-refractivity contribution < 1.29 is 4.74 Å². The van der Waals surface area contributed by atoms with Gasteiger partial charge in [-0.15, -0.1) is 11.8 Å². The fraction of sp³-hybridized carbons (Fsp3) is 0.143. The quantitative estimate of drug-likeness (QED) is 0.779. The number of thioether (sulfide) groups is 1. The number of methoxy groups -OCH3 is 1. The van der Waals surface area contributed by atoms with Gasteiger partial charge in [-0.2, -0.15) is 0 Å². The second kappa shape index (κ2) is 5.61. The number of rotatable bonds is 3. The largest absolute Gasteiger partial charge is 0.497 e. The molecule has 0 bridgehead atoms. The highest BCUT2D eigenvalue weighted by atomic mass is 32.2. The van der Waals surface area contributed by atoms with Crippen LogP contribution in [0.4, 0.5) is 0 Å². The first kappa shape index (κ1) is 11.1. The SMILES string of the molecule is COc1ccc(/C=C/C2=CC=CSC2)cc1. The van der Waals surface area contributed by atoms with E-state index in [0.29, 0.717) is 0 Å². The highest BCUT2D eigenvalue weighted by molar-refractivity contribution is 8.02. The normalized spacial score (nSPS) is 15.2. The van der Waals surface area contributed by atoms with E-state index >= 15 is 0 Å². The maximum Gasteiger partial charge on any atom is 0.118 e. The van der Waals surface area contributed by atoms with E-state index in [-0.39, 0.29) is 0 Å². The molecule has 0 aliphatic carbocycles. The van der Waals surface area contributed by atoms with Crippen LogP contribution in [-0.2, 0) is 0 Å². The van der Waals surface area contributed by atoms with Gasteiger partial charge in [0, 0.05) is 5.75 Å². The van der Waals surface area contributed by atoms with Crippen molar-refractivity contribution in [2.24, 2.45) is 0 Å². The predicted octanol–water partition coefficient (Wildman–Crippen LogP) is 3.90. The smallest absolute Gasteiger partial charge is 0.118 e. The molecule has 82 valence electrons. The zero-order valence-corrected chi connectivity index (χ0v) is 10.0. The topological polar surface area (TPSA) is 9.23 Å². The van der Waals surface area contributed by atoms with Crippen LogP contribution >= 0.6 is 11.8 Å². The van der Waals surface area contributed by atoms with E-state index < -0.39 is 0 Å². The molecule has 1 aromatic rings. The Morgan fingerprint density at radius 3 is 2.62 bits per heavy atom. The molecule has 1 nitrogen and oxygen atoms in total. The summed E-state index contributed by atoms with van der Waals surface area (Å²) in [7, 11) is 1.68. The molecule has 1 aliphatic rings. The summed E-state index contributed by atoms with van der Waals surface area (Å²) in [5.74, 6) is 1.95. The molecule has 1 aromatic carbocycles. The first-order valence-electron chi connectivity index (χ1n) is 5.18. The first-order valence-corrected chi connectivity index (χ1v) is 6.23. The average Bonchev–Trinajstić information content (AvgIpc) is 2.38. The lowest BCUT2D eigenvalue weighted by Crippen LogP contribution is -1.85. The zero-order chi connectivity index (χ0) is 11.2. The second-order valence-electron chi connectivity index (χ2n) is 3.49. The minimum atomic E-state index is 0.896. The molecule has 1 heterocycles. The van der Waals surface area contributed by atoms with Crippen molar-refractivity contribution in [3.63, 3.8) is 0 Å². The summed E-state index contributed by atoms with van der Waals surface area (Å²) in [6.07, 6.45) is 8.53. The van der Waals surface area contributed by atoms with Crippen molar-refractivity contribution in [1.29, 1.82) is 0 Å². The highest BCUT2D eigenvalue weighted by Gasteiger charge is 1.95. The van der Waals surface area contributed by atoms with Gasteiger partial charge >= 0.3 is 0 Å². The summed E-state index contributed by atoms with van der Waals surface area (Å²) >= 11 is 1.82. The van der Waals surface area contributed by atoms with Crippen LogP contribution in [0.1, 0.15) is 5.56 Å². The Kier molecular flexibility index (Phi) is 3.89. The van der Waals surface area contributed by atoms with Crippen LogP contribution in [-0.4, -0.2) is 12.9 Å². The van der Waals surface area contributed by atoms with Crippen molar-refractivity contribution in [2.75, 3.05) is 12.9 Å².